The first-order valence-corrected chi connectivity index (χ1v) is 8.27. The molecule has 0 aliphatic carbocycles. The SMILES string of the molecule is COc1cccc(CC(=O)N2C[C@@H](C)O[C@H](c3ccccc3)C2)c1. The molecule has 0 radical (unpaired) electrons. The van der Waals surface area contributed by atoms with Gasteiger partial charge in [-0.15, -0.1) is 0 Å². The van der Waals surface area contributed by atoms with Crippen LogP contribution in [0.15, 0.2) is 54.6 Å². The third-order valence-electron chi connectivity index (χ3n) is 4.27. The minimum atomic E-state index is -0.0655. The van der Waals surface area contributed by atoms with Gasteiger partial charge in [-0.2, -0.15) is 0 Å². The van der Waals surface area contributed by atoms with Crippen LogP contribution < -0.4 is 4.74 Å². The number of amides is 1. The van der Waals surface area contributed by atoms with Crippen molar-refractivity contribution in [2.45, 2.75) is 25.6 Å². The fraction of sp³-hybridized carbons (Fsp3) is 0.350. The lowest BCUT2D eigenvalue weighted by Gasteiger charge is -2.37. The molecule has 126 valence electrons. The molecule has 2 aromatic carbocycles. The van der Waals surface area contributed by atoms with E-state index in [1.54, 1.807) is 7.11 Å². The number of benzene rings is 2. The normalized spacial score (nSPS) is 20.7. The Hall–Kier alpha value is -2.33. The van der Waals surface area contributed by atoms with E-state index in [4.69, 9.17) is 9.47 Å². The van der Waals surface area contributed by atoms with Gasteiger partial charge in [0.15, 0.2) is 0 Å². The number of ether oxygens (including phenoxy) is 2. The van der Waals surface area contributed by atoms with Crippen LogP contribution in [-0.4, -0.2) is 37.1 Å². The van der Waals surface area contributed by atoms with E-state index in [0.717, 1.165) is 16.9 Å². The van der Waals surface area contributed by atoms with Crippen LogP contribution in [0.4, 0.5) is 0 Å². The maximum Gasteiger partial charge on any atom is 0.227 e. The van der Waals surface area contributed by atoms with Crippen molar-refractivity contribution < 1.29 is 14.3 Å². The van der Waals surface area contributed by atoms with Gasteiger partial charge in [0, 0.05) is 6.54 Å². The summed E-state index contributed by atoms with van der Waals surface area (Å²) < 4.78 is 11.3. The van der Waals surface area contributed by atoms with Crippen LogP contribution in [0, 0.1) is 0 Å². The fourth-order valence-electron chi connectivity index (χ4n) is 3.08. The summed E-state index contributed by atoms with van der Waals surface area (Å²) in [7, 11) is 1.63. The minimum Gasteiger partial charge on any atom is -0.497 e. The van der Waals surface area contributed by atoms with Crippen molar-refractivity contribution in [3.8, 4) is 5.75 Å². The average Bonchev–Trinajstić information content (AvgIpc) is 2.62. The van der Waals surface area contributed by atoms with Crippen LogP contribution in [0.3, 0.4) is 0 Å². The standard InChI is InChI=1S/C20H23NO3/c1-15-13-21(14-19(24-15)17-8-4-3-5-9-17)20(22)12-16-7-6-10-18(11-16)23-2/h3-11,15,19H,12-14H2,1-2H3/t15-,19+/m1/s1. The van der Waals surface area contributed by atoms with Crippen LogP contribution >= 0.6 is 0 Å². The predicted octanol–water partition coefficient (Wildman–Crippen LogP) is 3.23. The highest BCUT2D eigenvalue weighted by molar-refractivity contribution is 5.79. The molecular formula is C20H23NO3. The summed E-state index contributed by atoms with van der Waals surface area (Å²) in [5, 5.41) is 0. The Balaban J connectivity index is 1.69. The molecule has 0 aromatic heterocycles. The highest BCUT2D eigenvalue weighted by Crippen LogP contribution is 2.25. The van der Waals surface area contributed by atoms with Gasteiger partial charge in [0.1, 0.15) is 11.9 Å². The molecule has 0 unspecified atom stereocenters. The van der Waals surface area contributed by atoms with Gasteiger partial charge in [-0.3, -0.25) is 4.79 Å². The van der Waals surface area contributed by atoms with Crippen molar-refractivity contribution in [3.63, 3.8) is 0 Å². The Morgan fingerprint density at radius 2 is 1.96 bits per heavy atom. The molecule has 4 heteroatoms. The number of hydrogen-bond donors (Lipinski definition) is 0. The van der Waals surface area contributed by atoms with Crippen LogP contribution in [0.2, 0.25) is 0 Å². The molecule has 1 aliphatic heterocycles. The van der Waals surface area contributed by atoms with Crippen molar-refractivity contribution in [1.82, 2.24) is 4.90 Å². The van der Waals surface area contributed by atoms with Crippen LogP contribution in [0.1, 0.15) is 24.2 Å². The molecule has 2 aromatic rings. The summed E-state index contributed by atoms with van der Waals surface area (Å²) >= 11 is 0. The summed E-state index contributed by atoms with van der Waals surface area (Å²) in [5.74, 6) is 0.900. The lowest BCUT2D eigenvalue weighted by molar-refractivity contribution is -0.144. The van der Waals surface area contributed by atoms with Gasteiger partial charge in [0.25, 0.3) is 0 Å². The second-order valence-electron chi connectivity index (χ2n) is 6.17. The van der Waals surface area contributed by atoms with E-state index in [-0.39, 0.29) is 18.1 Å². The summed E-state index contributed by atoms with van der Waals surface area (Å²) in [4.78, 5) is 14.6. The Bertz CT molecular complexity index is 686. The first-order valence-electron chi connectivity index (χ1n) is 8.27. The lowest BCUT2D eigenvalue weighted by Crippen LogP contribution is -2.46. The van der Waals surface area contributed by atoms with E-state index in [9.17, 15) is 4.79 Å². The third kappa shape index (κ3) is 3.95. The number of methoxy groups -OCH3 is 1. The molecule has 1 aliphatic rings. The molecule has 0 bridgehead atoms. The largest absolute Gasteiger partial charge is 0.497 e. The van der Waals surface area contributed by atoms with Crippen molar-refractivity contribution in [1.29, 1.82) is 0 Å². The van der Waals surface area contributed by atoms with Gasteiger partial charge in [-0.25, -0.2) is 0 Å². The van der Waals surface area contributed by atoms with Crippen LogP contribution in [0.5, 0.6) is 5.75 Å². The average molecular weight is 325 g/mol. The molecule has 0 spiro atoms. The quantitative estimate of drug-likeness (QED) is 0.866. The van der Waals surface area contributed by atoms with Gasteiger partial charge < -0.3 is 14.4 Å². The van der Waals surface area contributed by atoms with Crippen molar-refractivity contribution >= 4 is 5.91 Å². The van der Waals surface area contributed by atoms with E-state index in [0.29, 0.717) is 19.5 Å². The molecule has 0 N–H and O–H groups in total. The Labute approximate surface area is 143 Å². The second-order valence-corrected chi connectivity index (χ2v) is 6.17. The summed E-state index contributed by atoms with van der Waals surface area (Å²) in [6, 6.07) is 17.8. The molecule has 4 nitrogen and oxygen atoms in total. The summed E-state index contributed by atoms with van der Waals surface area (Å²) in [6.45, 7) is 3.24. The fourth-order valence-corrected chi connectivity index (χ4v) is 3.08. The van der Waals surface area contributed by atoms with Crippen molar-refractivity contribution in [3.05, 3.63) is 65.7 Å². The maximum atomic E-state index is 12.7. The highest BCUT2D eigenvalue weighted by atomic mass is 16.5. The molecule has 3 rings (SSSR count). The van der Waals surface area contributed by atoms with Crippen molar-refractivity contribution in [2.24, 2.45) is 0 Å². The number of nitrogens with zero attached hydrogens (tertiary/aromatic N) is 1. The molecule has 1 amide bonds. The number of carbonyl (C=O) groups is 1. The molecule has 24 heavy (non-hydrogen) atoms. The molecule has 0 saturated carbocycles. The molecular weight excluding hydrogens is 302 g/mol. The molecule has 2 atom stereocenters. The predicted molar refractivity (Wildman–Crippen MR) is 93.0 cm³/mol. The van der Waals surface area contributed by atoms with Gasteiger partial charge in [-0.05, 0) is 30.2 Å². The number of rotatable bonds is 4. The number of carbonyl (C=O) groups excluding carboxylic acids is 1. The Morgan fingerprint density at radius 1 is 1.17 bits per heavy atom. The number of morpholine rings is 1. The smallest absolute Gasteiger partial charge is 0.227 e. The molecule has 1 fully saturated rings. The van der Waals surface area contributed by atoms with E-state index < -0.39 is 0 Å². The van der Waals surface area contributed by atoms with E-state index >= 15 is 0 Å². The first-order chi connectivity index (χ1) is 11.7. The van der Waals surface area contributed by atoms with Gasteiger partial charge in [0.05, 0.1) is 26.2 Å². The highest BCUT2D eigenvalue weighted by Gasteiger charge is 2.29. The lowest BCUT2D eigenvalue weighted by atomic mass is 10.1. The Morgan fingerprint density at radius 3 is 2.71 bits per heavy atom. The van der Waals surface area contributed by atoms with Crippen LogP contribution in [-0.2, 0) is 16.0 Å². The van der Waals surface area contributed by atoms with E-state index in [1.807, 2.05) is 66.4 Å². The molecule has 1 heterocycles. The Kier molecular flexibility index (Phi) is 5.16. The summed E-state index contributed by atoms with van der Waals surface area (Å²) in [6.07, 6.45) is 0.341. The van der Waals surface area contributed by atoms with Gasteiger partial charge in [0.2, 0.25) is 5.91 Å². The van der Waals surface area contributed by atoms with E-state index in [2.05, 4.69) is 0 Å². The zero-order valence-corrected chi connectivity index (χ0v) is 14.1. The monoisotopic (exact) mass is 325 g/mol. The summed E-state index contributed by atoms with van der Waals surface area (Å²) in [5.41, 5.74) is 2.08. The second kappa shape index (κ2) is 7.49. The number of hydrogen-bond acceptors (Lipinski definition) is 3. The maximum absolute atomic E-state index is 12.7. The minimum absolute atomic E-state index is 0.0261. The zero-order valence-electron chi connectivity index (χ0n) is 14.1. The first kappa shape index (κ1) is 16.5. The topological polar surface area (TPSA) is 38.8 Å². The molecule has 1 saturated heterocycles. The third-order valence-corrected chi connectivity index (χ3v) is 4.27. The van der Waals surface area contributed by atoms with Crippen LogP contribution in [0.25, 0.3) is 0 Å². The van der Waals surface area contributed by atoms with Gasteiger partial charge >= 0.3 is 0 Å². The van der Waals surface area contributed by atoms with Gasteiger partial charge in [-0.1, -0.05) is 42.5 Å². The zero-order chi connectivity index (χ0) is 16.9. The van der Waals surface area contributed by atoms with E-state index in [1.165, 1.54) is 0 Å². The van der Waals surface area contributed by atoms with Crippen molar-refractivity contribution in [2.75, 3.05) is 20.2 Å².